The molecule has 0 fully saturated rings. The molecule has 1 heterocycles. The van der Waals surface area contributed by atoms with Gasteiger partial charge in [0.2, 0.25) is 0 Å². The summed E-state index contributed by atoms with van der Waals surface area (Å²) >= 11 is 0. The lowest BCUT2D eigenvalue weighted by atomic mass is 9.80. The molecule has 1 atom stereocenters. The van der Waals surface area contributed by atoms with Gasteiger partial charge in [-0.1, -0.05) is 30.3 Å². The SMILES string of the molecule is COC(=O)C1=C(C)NC(C)=C(C(=O)[O-])C1c1ccccc1. The molecular weight excluding hydrogens is 270 g/mol. The number of esters is 1. The number of hydrogen-bond acceptors (Lipinski definition) is 5. The first-order valence-corrected chi connectivity index (χ1v) is 6.50. The zero-order chi connectivity index (χ0) is 15.6. The van der Waals surface area contributed by atoms with E-state index >= 15 is 0 Å². The van der Waals surface area contributed by atoms with Crippen molar-refractivity contribution < 1.29 is 19.4 Å². The van der Waals surface area contributed by atoms with Gasteiger partial charge in [0.05, 0.1) is 18.7 Å². The van der Waals surface area contributed by atoms with Crippen LogP contribution in [-0.2, 0) is 14.3 Å². The van der Waals surface area contributed by atoms with Crippen LogP contribution in [0.5, 0.6) is 0 Å². The molecule has 0 aliphatic carbocycles. The van der Waals surface area contributed by atoms with Gasteiger partial charge in [-0.25, -0.2) is 4.79 Å². The Hall–Kier alpha value is -2.56. The number of rotatable bonds is 3. The molecule has 5 nitrogen and oxygen atoms in total. The predicted molar refractivity (Wildman–Crippen MR) is 74.7 cm³/mol. The Kier molecular flexibility index (Phi) is 4.12. The fraction of sp³-hybridized carbons (Fsp3) is 0.250. The average Bonchev–Trinajstić information content (AvgIpc) is 2.46. The molecule has 0 saturated heterocycles. The molecule has 1 aromatic rings. The van der Waals surface area contributed by atoms with Gasteiger partial charge in [0.25, 0.3) is 0 Å². The number of ether oxygens (including phenoxy) is 1. The largest absolute Gasteiger partial charge is 0.545 e. The fourth-order valence-electron chi connectivity index (χ4n) is 2.62. The van der Waals surface area contributed by atoms with Gasteiger partial charge in [-0.2, -0.15) is 0 Å². The predicted octanol–water partition coefficient (Wildman–Crippen LogP) is 0.844. The van der Waals surface area contributed by atoms with Gasteiger partial charge in [-0.15, -0.1) is 0 Å². The number of carboxylic acids is 1. The first kappa shape index (κ1) is 14.8. The van der Waals surface area contributed by atoms with Crippen molar-refractivity contribution in [1.29, 1.82) is 0 Å². The molecule has 0 bridgehead atoms. The number of methoxy groups -OCH3 is 1. The first-order valence-electron chi connectivity index (χ1n) is 6.50. The van der Waals surface area contributed by atoms with Crippen molar-refractivity contribution in [3.63, 3.8) is 0 Å². The third-order valence-electron chi connectivity index (χ3n) is 3.52. The van der Waals surface area contributed by atoms with E-state index in [1.807, 2.05) is 6.07 Å². The van der Waals surface area contributed by atoms with Gasteiger partial charge in [0, 0.05) is 22.9 Å². The van der Waals surface area contributed by atoms with Gasteiger partial charge < -0.3 is 20.0 Å². The molecule has 110 valence electrons. The number of carboxylic acid groups (broad SMARTS) is 1. The van der Waals surface area contributed by atoms with Crippen LogP contribution < -0.4 is 10.4 Å². The maximum atomic E-state index is 12.1. The van der Waals surface area contributed by atoms with E-state index < -0.39 is 17.9 Å². The van der Waals surface area contributed by atoms with Crippen LogP contribution in [0, 0.1) is 0 Å². The van der Waals surface area contributed by atoms with E-state index in [-0.39, 0.29) is 11.1 Å². The van der Waals surface area contributed by atoms with Crippen LogP contribution in [0.25, 0.3) is 0 Å². The van der Waals surface area contributed by atoms with Crippen molar-refractivity contribution in [1.82, 2.24) is 5.32 Å². The van der Waals surface area contributed by atoms with Gasteiger partial charge >= 0.3 is 5.97 Å². The molecule has 0 aromatic heterocycles. The first-order chi connectivity index (χ1) is 9.97. The molecule has 1 aliphatic heterocycles. The average molecular weight is 286 g/mol. The third-order valence-corrected chi connectivity index (χ3v) is 3.52. The Morgan fingerprint density at radius 3 is 2.19 bits per heavy atom. The molecule has 1 aliphatic rings. The normalized spacial score (nSPS) is 18.3. The number of dihydropyridines is 1. The quantitative estimate of drug-likeness (QED) is 0.833. The molecule has 5 heteroatoms. The highest BCUT2D eigenvalue weighted by Gasteiger charge is 2.33. The second-order valence-corrected chi connectivity index (χ2v) is 4.83. The lowest BCUT2D eigenvalue weighted by Gasteiger charge is -2.31. The van der Waals surface area contributed by atoms with Crippen LogP contribution in [0.3, 0.4) is 0 Å². The lowest BCUT2D eigenvalue weighted by molar-refractivity contribution is -0.299. The van der Waals surface area contributed by atoms with Crippen LogP contribution in [0.15, 0.2) is 52.9 Å². The number of allylic oxidation sites excluding steroid dienone is 2. The minimum atomic E-state index is -1.30. The second kappa shape index (κ2) is 5.83. The van der Waals surface area contributed by atoms with Crippen molar-refractivity contribution in [3.8, 4) is 0 Å². The molecule has 1 unspecified atom stereocenters. The number of hydrogen-bond donors (Lipinski definition) is 1. The molecular formula is C16H16NO4-. The number of aliphatic carboxylic acids is 1. The van der Waals surface area contributed by atoms with Gasteiger partial charge in [0.1, 0.15) is 0 Å². The molecule has 0 spiro atoms. The minimum absolute atomic E-state index is 0.0483. The summed E-state index contributed by atoms with van der Waals surface area (Å²) in [4.78, 5) is 23.6. The number of carbonyl (C=O) groups excluding carboxylic acids is 2. The molecule has 0 amide bonds. The summed E-state index contributed by atoms with van der Waals surface area (Å²) in [6.45, 7) is 3.37. The van der Waals surface area contributed by atoms with Gasteiger partial charge in [-0.3, -0.25) is 0 Å². The van der Waals surface area contributed by atoms with E-state index in [4.69, 9.17) is 4.74 Å². The molecule has 2 rings (SSSR count). The van der Waals surface area contributed by atoms with Crippen molar-refractivity contribution in [2.75, 3.05) is 7.11 Å². The summed E-state index contributed by atoms with van der Waals surface area (Å²) in [7, 11) is 1.27. The van der Waals surface area contributed by atoms with Crippen LogP contribution in [0.2, 0.25) is 0 Å². The molecule has 0 saturated carbocycles. The van der Waals surface area contributed by atoms with Crippen molar-refractivity contribution in [2.24, 2.45) is 0 Å². The number of nitrogens with one attached hydrogen (secondary N) is 1. The Morgan fingerprint density at radius 2 is 1.67 bits per heavy atom. The monoisotopic (exact) mass is 286 g/mol. The highest BCUT2D eigenvalue weighted by molar-refractivity contribution is 5.98. The van der Waals surface area contributed by atoms with E-state index in [2.05, 4.69) is 5.32 Å². The summed E-state index contributed by atoms with van der Waals surface area (Å²) in [6.07, 6.45) is 0. The maximum Gasteiger partial charge on any atom is 0.336 e. The highest BCUT2D eigenvalue weighted by Crippen LogP contribution is 2.38. The summed E-state index contributed by atoms with van der Waals surface area (Å²) in [6, 6.07) is 8.98. The summed E-state index contributed by atoms with van der Waals surface area (Å²) in [5.41, 5.74) is 2.09. The number of benzene rings is 1. The summed E-state index contributed by atoms with van der Waals surface area (Å²) in [5.74, 6) is -2.56. The van der Waals surface area contributed by atoms with E-state index in [0.717, 1.165) is 0 Å². The van der Waals surface area contributed by atoms with Crippen LogP contribution in [-0.4, -0.2) is 19.0 Å². The molecule has 1 N–H and O–H groups in total. The zero-order valence-electron chi connectivity index (χ0n) is 12.1. The maximum absolute atomic E-state index is 12.1. The smallest absolute Gasteiger partial charge is 0.336 e. The van der Waals surface area contributed by atoms with Crippen LogP contribution in [0.4, 0.5) is 0 Å². The third kappa shape index (κ3) is 2.67. The van der Waals surface area contributed by atoms with Crippen molar-refractivity contribution in [3.05, 3.63) is 58.4 Å². The Balaban J connectivity index is 2.66. The fourth-order valence-corrected chi connectivity index (χ4v) is 2.62. The standard InChI is InChI=1S/C16H17NO4/c1-9-12(15(18)19)14(11-7-5-4-6-8-11)13(10(2)17-9)16(20)21-3/h4-8,14,17H,1-3H3,(H,18,19)/p-1. The second-order valence-electron chi connectivity index (χ2n) is 4.83. The van der Waals surface area contributed by atoms with E-state index in [1.54, 1.807) is 38.1 Å². The van der Waals surface area contributed by atoms with Crippen LogP contribution in [0.1, 0.15) is 25.3 Å². The minimum Gasteiger partial charge on any atom is -0.545 e. The van der Waals surface area contributed by atoms with E-state index in [1.165, 1.54) is 7.11 Å². The van der Waals surface area contributed by atoms with Gasteiger partial charge in [-0.05, 0) is 19.4 Å². The van der Waals surface area contributed by atoms with E-state index in [0.29, 0.717) is 17.0 Å². The number of carbonyl (C=O) groups is 2. The molecule has 21 heavy (non-hydrogen) atoms. The van der Waals surface area contributed by atoms with Gasteiger partial charge in [0.15, 0.2) is 0 Å². The Bertz CT molecular complexity index is 644. The lowest BCUT2D eigenvalue weighted by Crippen LogP contribution is -2.37. The zero-order valence-corrected chi connectivity index (χ0v) is 12.1. The van der Waals surface area contributed by atoms with Crippen molar-refractivity contribution in [2.45, 2.75) is 19.8 Å². The Morgan fingerprint density at radius 1 is 1.10 bits per heavy atom. The van der Waals surface area contributed by atoms with Crippen LogP contribution >= 0.6 is 0 Å². The molecule has 1 aromatic carbocycles. The summed E-state index contributed by atoms with van der Waals surface area (Å²) < 4.78 is 4.80. The highest BCUT2D eigenvalue weighted by atomic mass is 16.5. The molecule has 0 radical (unpaired) electrons. The topological polar surface area (TPSA) is 78.5 Å². The van der Waals surface area contributed by atoms with E-state index in [9.17, 15) is 14.7 Å². The van der Waals surface area contributed by atoms with Crippen molar-refractivity contribution >= 4 is 11.9 Å². The Labute approximate surface area is 122 Å². The summed E-state index contributed by atoms with van der Waals surface area (Å²) in [5, 5.41) is 14.4.